The molecule has 0 saturated carbocycles. The average molecular weight is 595 g/mol. The molecule has 0 fully saturated rings. The van der Waals surface area contributed by atoms with Crippen LogP contribution in [0.15, 0.2) is 46.6 Å². The summed E-state index contributed by atoms with van der Waals surface area (Å²) >= 11 is 17.3. The predicted octanol–water partition coefficient (Wildman–Crippen LogP) is 7.30. The minimum Gasteiger partial charge on any atom is -0.494 e. The van der Waals surface area contributed by atoms with Crippen LogP contribution < -0.4 is 9.47 Å². The Balaban J connectivity index is 2.48. The molecule has 0 spiro atoms. The fourth-order valence-electron chi connectivity index (χ4n) is 1.50. The molecule has 0 radical (unpaired) electrons. The second-order valence-electron chi connectivity index (χ2n) is 3.69. The first-order valence-electron chi connectivity index (χ1n) is 5.28. The number of methoxy groups -OCH3 is 1. The van der Waals surface area contributed by atoms with Crippen molar-refractivity contribution in [3.63, 3.8) is 0 Å². The third-order valence-electron chi connectivity index (χ3n) is 2.40. The van der Waals surface area contributed by atoms with Gasteiger partial charge >= 0.3 is 0 Å². The minimum atomic E-state index is 0.646. The normalized spacial score (nSPS) is 10.5. The van der Waals surface area contributed by atoms with Crippen LogP contribution in [0, 0.1) is 0 Å². The van der Waals surface area contributed by atoms with Gasteiger partial charge in [0.25, 0.3) is 0 Å². The van der Waals surface area contributed by atoms with Crippen molar-refractivity contribution >= 4 is 79.6 Å². The topological polar surface area (TPSA) is 18.5 Å². The summed E-state index contributed by atoms with van der Waals surface area (Å²) in [6.45, 7) is 0. The summed E-state index contributed by atoms with van der Waals surface area (Å²) in [4.78, 5) is 0. The van der Waals surface area contributed by atoms with E-state index in [2.05, 4.69) is 79.6 Å². The van der Waals surface area contributed by atoms with Crippen LogP contribution in [-0.4, -0.2) is 7.11 Å². The monoisotopic (exact) mass is 590 g/mol. The van der Waals surface area contributed by atoms with Crippen LogP contribution in [0.25, 0.3) is 0 Å². The van der Waals surface area contributed by atoms with Gasteiger partial charge in [-0.1, -0.05) is 15.9 Å². The summed E-state index contributed by atoms with van der Waals surface area (Å²) in [6, 6.07) is 7.60. The Morgan fingerprint density at radius 1 is 0.800 bits per heavy atom. The molecular weight excluding hydrogens is 588 g/mol. The zero-order valence-electron chi connectivity index (χ0n) is 10.0. The third-order valence-corrected chi connectivity index (χ3v) is 5.41. The van der Waals surface area contributed by atoms with Crippen LogP contribution in [0.2, 0.25) is 0 Å². The molecule has 0 bridgehead atoms. The molecular formula is C13H7Br5O2. The van der Waals surface area contributed by atoms with E-state index in [1.54, 1.807) is 7.11 Å². The molecule has 7 heteroatoms. The molecule has 2 nitrogen and oxygen atoms in total. The van der Waals surface area contributed by atoms with Crippen molar-refractivity contribution in [1.82, 2.24) is 0 Å². The standard InChI is InChI=1S/C13H7Br5O2/c1-19-12-8(16)5-9(17)13(11(12)18)20-10-3-2-6(14)4-7(10)15/h2-5H,1H3. The molecule has 2 aromatic carbocycles. The molecule has 2 rings (SSSR count). The molecule has 0 aliphatic heterocycles. The number of hydrogen-bond acceptors (Lipinski definition) is 2. The van der Waals surface area contributed by atoms with Gasteiger partial charge in [0.2, 0.25) is 0 Å². The van der Waals surface area contributed by atoms with Crippen molar-refractivity contribution in [2.75, 3.05) is 7.11 Å². The lowest BCUT2D eigenvalue weighted by Crippen LogP contribution is -1.93. The molecule has 0 heterocycles. The third kappa shape index (κ3) is 3.61. The molecule has 2 aromatic rings. The summed E-state index contributed by atoms with van der Waals surface area (Å²) < 4.78 is 15.5. The molecule has 106 valence electrons. The fourth-order valence-corrected chi connectivity index (χ4v) is 5.24. The van der Waals surface area contributed by atoms with E-state index in [0.29, 0.717) is 17.2 Å². The van der Waals surface area contributed by atoms with Gasteiger partial charge < -0.3 is 9.47 Å². The van der Waals surface area contributed by atoms with Crippen molar-refractivity contribution < 1.29 is 9.47 Å². The zero-order chi connectivity index (χ0) is 14.9. The first-order valence-corrected chi connectivity index (χ1v) is 9.25. The quantitative estimate of drug-likeness (QED) is 0.371. The summed E-state index contributed by atoms with van der Waals surface area (Å²) in [5.41, 5.74) is 0. The van der Waals surface area contributed by atoms with Gasteiger partial charge in [0.15, 0.2) is 11.5 Å². The maximum atomic E-state index is 5.96. The Morgan fingerprint density at radius 2 is 1.45 bits per heavy atom. The molecule has 0 aromatic heterocycles. The van der Waals surface area contributed by atoms with Gasteiger partial charge in [0.1, 0.15) is 10.2 Å². The highest BCUT2D eigenvalue weighted by atomic mass is 79.9. The van der Waals surface area contributed by atoms with Gasteiger partial charge in [-0.15, -0.1) is 0 Å². The Kier molecular flexibility index (Phi) is 5.99. The highest BCUT2D eigenvalue weighted by Gasteiger charge is 2.17. The molecule has 0 saturated heterocycles. The van der Waals surface area contributed by atoms with Crippen LogP contribution >= 0.6 is 79.6 Å². The average Bonchev–Trinajstić information content (AvgIpc) is 2.37. The van der Waals surface area contributed by atoms with Crippen molar-refractivity contribution in [1.29, 1.82) is 0 Å². The Morgan fingerprint density at radius 3 is 2.05 bits per heavy atom. The van der Waals surface area contributed by atoms with Gasteiger partial charge in [-0.2, -0.15) is 0 Å². The lowest BCUT2D eigenvalue weighted by molar-refractivity contribution is 0.401. The van der Waals surface area contributed by atoms with Gasteiger partial charge in [0, 0.05) is 4.47 Å². The van der Waals surface area contributed by atoms with E-state index in [1.165, 1.54) is 0 Å². The van der Waals surface area contributed by atoms with E-state index in [0.717, 1.165) is 22.4 Å². The number of ether oxygens (including phenoxy) is 2. The molecule has 0 unspecified atom stereocenters. The van der Waals surface area contributed by atoms with Crippen LogP contribution in [0.3, 0.4) is 0 Å². The van der Waals surface area contributed by atoms with Gasteiger partial charge in [0.05, 0.1) is 20.5 Å². The van der Waals surface area contributed by atoms with Gasteiger partial charge in [-0.05, 0) is 88.0 Å². The molecule has 20 heavy (non-hydrogen) atoms. The number of benzene rings is 2. The van der Waals surface area contributed by atoms with Crippen LogP contribution in [0.5, 0.6) is 17.2 Å². The second-order valence-corrected chi connectivity index (χ2v) is 7.97. The van der Waals surface area contributed by atoms with Crippen molar-refractivity contribution in [3.05, 3.63) is 46.6 Å². The van der Waals surface area contributed by atoms with E-state index in [-0.39, 0.29) is 0 Å². The lowest BCUT2D eigenvalue weighted by Gasteiger charge is -2.15. The van der Waals surface area contributed by atoms with Crippen molar-refractivity contribution in [2.24, 2.45) is 0 Å². The predicted molar refractivity (Wildman–Crippen MR) is 98.0 cm³/mol. The van der Waals surface area contributed by atoms with E-state index in [9.17, 15) is 0 Å². The number of halogens is 5. The van der Waals surface area contributed by atoms with Crippen LogP contribution in [-0.2, 0) is 0 Å². The maximum absolute atomic E-state index is 5.96. The van der Waals surface area contributed by atoms with Gasteiger partial charge in [-0.3, -0.25) is 0 Å². The SMILES string of the molecule is COc1c(Br)cc(Br)c(Oc2ccc(Br)cc2Br)c1Br. The van der Waals surface area contributed by atoms with Crippen LogP contribution in [0.1, 0.15) is 0 Å². The highest BCUT2D eigenvalue weighted by Crippen LogP contribution is 2.47. The second kappa shape index (κ2) is 7.13. The summed E-state index contributed by atoms with van der Waals surface area (Å²) in [5, 5.41) is 0. The summed E-state index contributed by atoms with van der Waals surface area (Å²) in [6.07, 6.45) is 0. The highest BCUT2D eigenvalue weighted by molar-refractivity contribution is 9.12. The van der Waals surface area contributed by atoms with E-state index < -0.39 is 0 Å². The largest absolute Gasteiger partial charge is 0.494 e. The van der Waals surface area contributed by atoms with Gasteiger partial charge in [-0.25, -0.2) is 0 Å². The fraction of sp³-hybridized carbons (Fsp3) is 0.0769. The Hall–Kier alpha value is 0.440. The Labute approximate surface area is 158 Å². The molecule has 0 atom stereocenters. The molecule has 0 amide bonds. The van der Waals surface area contributed by atoms with Crippen LogP contribution in [0.4, 0.5) is 0 Å². The summed E-state index contributed by atoms with van der Waals surface area (Å²) in [7, 11) is 1.61. The van der Waals surface area contributed by atoms with Crippen molar-refractivity contribution in [3.8, 4) is 17.2 Å². The van der Waals surface area contributed by atoms with Crippen molar-refractivity contribution in [2.45, 2.75) is 0 Å². The zero-order valence-corrected chi connectivity index (χ0v) is 17.9. The smallest absolute Gasteiger partial charge is 0.159 e. The molecule has 0 aliphatic carbocycles. The first-order chi connectivity index (χ1) is 9.43. The minimum absolute atomic E-state index is 0.646. The molecule has 0 aliphatic rings. The number of rotatable bonds is 3. The first kappa shape index (κ1) is 16.8. The lowest BCUT2D eigenvalue weighted by atomic mass is 10.3. The van der Waals surface area contributed by atoms with E-state index >= 15 is 0 Å². The number of hydrogen-bond donors (Lipinski definition) is 0. The van der Waals surface area contributed by atoms with E-state index in [4.69, 9.17) is 9.47 Å². The summed E-state index contributed by atoms with van der Waals surface area (Å²) in [5.74, 6) is 2.03. The van der Waals surface area contributed by atoms with E-state index in [1.807, 2.05) is 24.3 Å². The molecule has 0 N–H and O–H groups in total. The Bertz CT molecular complexity index is 658. The maximum Gasteiger partial charge on any atom is 0.159 e.